The van der Waals surface area contributed by atoms with Gasteiger partial charge in [0.25, 0.3) is 5.91 Å². The molecule has 1 aromatic rings. The number of nitrogens with zero attached hydrogens (tertiary/aromatic N) is 1. The highest BCUT2D eigenvalue weighted by atomic mass is 79.9. The fourth-order valence-corrected chi connectivity index (χ4v) is 2.07. The number of carbonyl (C=O) groups is 1. The molecule has 0 atom stereocenters. The Labute approximate surface area is 111 Å². The number of carbonyl (C=O) groups excluding carboxylic acids is 1. The average molecular weight is 300 g/mol. The Morgan fingerprint density at radius 2 is 1.88 bits per heavy atom. The van der Waals surface area contributed by atoms with Crippen molar-refractivity contribution in [2.24, 2.45) is 0 Å². The third kappa shape index (κ3) is 3.73. The van der Waals surface area contributed by atoms with Crippen LogP contribution in [0.4, 0.5) is 0 Å². The minimum Gasteiger partial charge on any atom is -0.507 e. The molecule has 1 amide bonds. The molecule has 0 aliphatic rings. The monoisotopic (exact) mass is 299 g/mol. The Kier molecular flexibility index (Phi) is 5.48. The molecule has 0 unspecified atom stereocenters. The van der Waals surface area contributed by atoms with Crippen LogP contribution in [0, 0.1) is 0 Å². The summed E-state index contributed by atoms with van der Waals surface area (Å²) in [6.45, 7) is 5.52. The lowest BCUT2D eigenvalue weighted by atomic mass is 10.1. The topological polar surface area (TPSA) is 40.5 Å². The summed E-state index contributed by atoms with van der Waals surface area (Å²) in [6, 6.07) is 4.92. The van der Waals surface area contributed by atoms with Crippen LogP contribution in [0.5, 0.6) is 5.75 Å². The lowest BCUT2D eigenvalue weighted by Gasteiger charge is -2.22. The number of halogens is 1. The molecular weight excluding hydrogens is 282 g/mol. The molecule has 94 valence electrons. The van der Waals surface area contributed by atoms with Gasteiger partial charge in [-0.05, 0) is 31.0 Å². The second kappa shape index (κ2) is 6.64. The first-order valence-corrected chi connectivity index (χ1v) is 6.67. The molecule has 0 spiro atoms. The van der Waals surface area contributed by atoms with Gasteiger partial charge in [-0.2, -0.15) is 0 Å². The molecule has 1 aromatic carbocycles. The molecule has 0 heterocycles. The van der Waals surface area contributed by atoms with Crippen LogP contribution in [0.25, 0.3) is 0 Å². The van der Waals surface area contributed by atoms with Crippen LogP contribution in [0.15, 0.2) is 22.7 Å². The third-order valence-corrected chi connectivity index (χ3v) is 2.96. The zero-order valence-electron chi connectivity index (χ0n) is 10.2. The van der Waals surface area contributed by atoms with E-state index in [4.69, 9.17) is 0 Å². The highest BCUT2D eigenvalue weighted by Gasteiger charge is 2.17. The van der Waals surface area contributed by atoms with Gasteiger partial charge in [0.2, 0.25) is 0 Å². The molecule has 0 fully saturated rings. The standard InChI is InChI=1S/C13H18BrNO2/c1-3-7-15(8-4-2)13(17)11-9-10(14)5-6-12(11)16/h5-6,9,16H,3-4,7-8H2,1-2H3. The molecule has 0 aliphatic carbocycles. The maximum Gasteiger partial charge on any atom is 0.257 e. The number of rotatable bonds is 5. The van der Waals surface area contributed by atoms with Gasteiger partial charge in [0.05, 0.1) is 5.56 Å². The number of amides is 1. The third-order valence-electron chi connectivity index (χ3n) is 2.46. The Bertz CT molecular complexity index is 387. The van der Waals surface area contributed by atoms with Crippen molar-refractivity contribution in [3.8, 4) is 5.75 Å². The summed E-state index contributed by atoms with van der Waals surface area (Å²) >= 11 is 3.31. The second-order valence-electron chi connectivity index (χ2n) is 3.95. The van der Waals surface area contributed by atoms with Crippen LogP contribution in [0.1, 0.15) is 37.0 Å². The molecule has 0 aromatic heterocycles. The van der Waals surface area contributed by atoms with E-state index in [1.54, 1.807) is 17.0 Å². The normalized spacial score (nSPS) is 10.3. The maximum absolute atomic E-state index is 12.2. The molecule has 0 radical (unpaired) electrons. The van der Waals surface area contributed by atoms with Gasteiger partial charge in [0.15, 0.2) is 0 Å². The van der Waals surface area contributed by atoms with Gasteiger partial charge in [-0.3, -0.25) is 4.79 Å². The number of hydrogen-bond acceptors (Lipinski definition) is 2. The van der Waals surface area contributed by atoms with E-state index in [1.807, 2.05) is 13.8 Å². The van der Waals surface area contributed by atoms with Crippen LogP contribution in [0.3, 0.4) is 0 Å². The van der Waals surface area contributed by atoms with Gasteiger partial charge < -0.3 is 10.0 Å². The highest BCUT2D eigenvalue weighted by Crippen LogP contribution is 2.23. The van der Waals surface area contributed by atoms with Gasteiger partial charge in [0.1, 0.15) is 5.75 Å². The first-order chi connectivity index (χ1) is 8.10. The molecule has 0 saturated carbocycles. The summed E-state index contributed by atoms with van der Waals surface area (Å²) in [5.74, 6) is -0.0668. The zero-order chi connectivity index (χ0) is 12.8. The highest BCUT2D eigenvalue weighted by molar-refractivity contribution is 9.10. The lowest BCUT2D eigenvalue weighted by molar-refractivity contribution is 0.0752. The SMILES string of the molecule is CCCN(CCC)C(=O)c1cc(Br)ccc1O. The Balaban J connectivity index is 2.95. The van der Waals surface area contributed by atoms with E-state index in [2.05, 4.69) is 15.9 Å². The van der Waals surface area contributed by atoms with E-state index < -0.39 is 0 Å². The molecule has 0 saturated heterocycles. The van der Waals surface area contributed by atoms with Crippen molar-refractivity contribution in [3.05, 3.63) is 28.2 Å². The van der Waals surface area contributed by atoms with E-state index in [9.17, 15) is 9.90 Å². The fourth-order valence-electron chi connectivity index (χ4n) is 1.70. The number of hydrogen-bond donors (Lipinski definition) is 1. The minimum absolute atomic E-state index is 0.0374. The Morgan fingerprint density at radius 3 is 2.41 bits per heavy atom. The molecule has 0 bridgehead atoms. The maximum atomic E-state index is 12.2. The van der Waals surface area contributed by atoms with Gasteiger partial charge >= 0.3 is 0 Å². The Morgan fingerprint density at radius 1 is 1.29 bits per heavy atom. The smallest absolute Gasteiger partial charge is 0.257 e. The molecular formula is C13H18BrNO2. The number of phenolic OH excluding ortho intramolecular Hbond substituents is 1. The van der Waals surface area contributed by atoms with Gasteiger partial charge in [-0.25, -0.2) is 0 Å². The van der Waals surface area contributed by atoms with Crippen LogP contribution in [0.2, 0.25) is 0 Å². The first-order valence-electron chi connectivity index (χ1n) is 5.88. The van der Waals surface area contributed by atoms with Crippen molar-refractivity contribution in [2.45, 2.75) is 26.7 Å². The number of benzene rings is 1. The quantitative estimate of drug-likeness (QED) is 0.905. The van der Waals surface area contributed by atoms with Crippen molar-refractivity contribution in [1.29, 1.82) is 0 Å². The van der Waals surface area contributed by atoms with Crippen LogP contribution in [-0.2, 0) is 0 Å². The molecule has 17 heavy (non-hydrogen) atoms. The Hall–Kier alpha value is -1.03. The van der Waals surface area contributed by atoms with Crippen molar-refractivity contribution in [2.75, 3.05) is 13.1 Å². The molecule has 1 N–H and O–H groups in total. The molecule has 1 rings (SSSR count). The van der Waals surface area contributed by atoms with E-state index in [1.165, 1.54) is 6.07 Å². The minimum atomic E-state index is -0.104. The van der Waals surface area contributed by atoms with Gasteiger partial charge in [-0.15, -0.1) is 0 Å². The summed E-state index contributed by atoms with van der Waals surface area (Å²) in [4.78, 5) is 14.0. The summed E-state index contributed by atoms with van der Waals surface area (Å²) in [5.41, 5.74) is 0.362. The summed E-state index contributed by atoms with van der Waals surface area (Å²) in [5, 5.41) is 9.72. The fraction of sp³-hybridized carbons (Fsp3) is 0.462. The molecule has 4 heteroatoms. The predicted octanol–water partition coefficient (Wildman–Crippen LogP) is 3.42. The van der Waals surface area contributed by atoms with E-state index in [-0.39, 0.29) is 11.7 Å². The zero-order valence-corrected chi connectivity index (χ0v) is 11.8. The van der Waals surface area contributed by atoms with Crippen LogP contribution >= 0.6 is 15.9 Å². The number of aromatic hydroxyl groups is 1. The second-order valence-corrected chi connectivity index (χ2v) is 4.87. The van der Waals surface area contributed by atoms with E-state index >= 15 is 0 Å². The van der Waals surface area contributed by atoms with Crippen molar-refractivity contribution in [3.63, 3.8) is 0 Å². The van der Waals surface area contributed by atoms with Crippen molar-refractivity contribution in [1.82, 2.24) is 4.90 Å². The summed E-state index contributed by atoms with van der Waals surface area (Å²) < 4.78 is 0.798. The molecule has 0 aliphatic heterocycles. The number of phenols is 1. The predicted molar refractivity (Wildman–Crippen MR) is 72.3 cm³/mol. The summed E-state index contributed by atoms with van der Waals surface area (Å²) in [7, 11) is 0. The van der Waals surface area contributed by atoms with Crippen molar-refractivity contribution >= 4 is 21.8 Å². The van der Waals surface area contributed by atoms with Crippen LogP contribution < -0.4 is 0 Å². The average Bonchev–Trinajstić information content (AvgIpc) is 2.31. The van der Waals surface area contributed by atoms with Gasteiger partial charge in [0, 0.05) is 17.6 Å². The largest absolute Gasteiger partial charge is 0.507 e. The van der Waals surface area contributed by atoms with Crippen LogP contribution in [-0.4, -0.2) is 29.0 Å². The van der Waals surface area contributed by atoms with Gasteiger partial charge in [-0.1, -0.05) is 29.8 Å². The van der Waals surface area contributed by atoms with E-state index in [0.29, 0.717) is 5.56 Å². The van der Waals surface area contributed by atoms with Crippen molar-refractivity contribution < 1.29 is 9.90 Å². The first kappa shape index (κ1) is 14.0. The molecule has 3 nitrogen and oxygen atoms in total. The van der Waals surface area contributed by atoms with E-state index in [0.717, 1.165) is 30.4 Å². The lowest BCUT2D eigenvalue weighted by Crippen LogP contribution is -2.32. The summed E-state index contributed by atoms with van der Waals surface area (Å²) in [6.07, 6.45) is 1.83.